The second-order valence-electron chi connectivity index (χ2n) is 6.53. The number of halogens is 6. The van der Waals surface area contributed by atoms with Crippen LogP contribution < -0.4 is 5.73 Å². The number of carbonyl (C=O) groups is 2. The molecule has 0 radical (unpaired) electrons. The van der Waals surface area contributed by atoms with Crippen LogP contribution >= 0.6 is 0 Å². The lowest BCUT2D eigenvalue weighted by Gasteiger charge is -2.16. The summed E-state index contributed by atoms with van der Waals surface area (Å²) in [4.78, 5) is 27.6. The molecule has 0 spiro atoms. The Bertz CT molecular complexity index is 1040. The molecule has 0 fully saturated rings. The number of rotatable bonds is 3. The average Bonchev–Trinajstić information content (AvgIpc) is 2.95. The fraction of sp³-hybridized carbons (Fsp3) is 0.211. The zero-order chi connectivity index (χ0) is 22.3. The molecule has 2 aromatic rings. The summed E-state index contributed by atoms with van der Waals surface area (Å²) in [6.07, 6.45) is -9.70. The summed E-state index contributed by atoms with van der Waals surface area (Å²) in [6, 6.07) is 8.49. The van der Waals surface area contributed by atoms with E-state index in [4.69, 9.17) is 5.73 Å². The minimum absolute atomic E-state index is 0.0550. The summed E-state index contributed by atoms with van der Waals surface area (Å²) in [5, 5.41) is 0. The van der Waals surface area contributed by atoms with Gasteiger partial charge in [0, 0.05) is 24.2 Å². The monoisotopic (exact) mass is 429 g/mol. The first-order chi connectivity index (χ1) is 13.9. The van der Waals surface area contributed by atoms with Crippen molar-refractivity contribution in [2.24, 2.45) is 10.7 Å². The fourth-order valence-electron chi connectivity index (χ4n) is 2.95. The highest BCUT2D eigenvalue weighted by Gasteiger charge is 2.39. The van der Waals surface area contributed by atoms with Gasteiger partial charge in [-0.3, -0.25) is 9.59 Å². The molecule has 0 aromatic heterocycles. The summed E-state index contributed by atoms with van der Waals surface area (Å²) >= 11 is 0. The van der Waals surface area contributed by atoms with Crippen molar-refractivity contribution in [3.63, 3.8) is 0 Å². The third-order valence-corrected chi connectivity index (χ3v) is 4.38. The number of hydrogen-bond acceptors (Lipinski definition) is 2. The van der Waals surface area contributed by atoms with Crippen LogP contribution in [0.4, 0.5) is 26.3 Å². The molecule has 0 unspecified atom stereocenters. The van der Waals surface area contributed by atoms with E-state index in [2.05, 4.69) is 4.99 Å². The van der Waals surface area contributed by atoms with Gasteiger partial charge < -0.3 is 10.6 Å². The molecule has 158 valence electrons. The third-order valence-electron chi connectivity index (χ3n) is 4.38. The summed E-state index contributed by atoms with van der Waals surface area (Å²) < 4.78 is 75.5. The number of aliphatic imine (C=N–C) groups is 1. The molecule has 11 heteroatoms. The van der Waals surface area contributed by atoms with Gasteiger partial charge in [-0.25, -0.2) is 0 Å². The molecule has 2 N–H and O–H groups in total. The molecule has 2 aromatic carbocycles. The van der Waals surface area contributed by atoms with Crippen LogP contribution in [0.5, 0.6) is 0 Å². The van der Waals surface area contributed by atoms with E-state index in [0.29, 0.717) is 5.56 Å². The maximum Gasteiger partial charge on any atom is 0.473 e. The van der Waals surface area contributed by atoms with Crippen LogP contribution in [0.2, 0.25) is 0 Å². The minimum Gasteiger partial charge on any atom is -0.383 e. The second-order valence-corrected chi connectivity index (χ2v) is 6.53. The van der Waals surface area contributed by atoms with E-state index in [-0.39, 0.29) is 29.8 Å². The zero-order valence-electron chi connectivity index (χ0n) is 15.0. The molecule has 0 saturated heterocycles. The smallest absolute Gasteiger partial charge is 0.383 e. The molecule has 1 aliphatic heterocycles. The Hall–Kier alpha value is -3.37. The largest absolute Gasteiger partial charge is 0.473 e. The van der Waals surface area contributed by atoms with Gasteiger partial charge in [-0.05, 0) is 29.3 Å². The van der Waals surface area contributed by atoms with E-state index in [9.17, 15) is 35.9 Å². The predicted molar refractivity (Wildman–Crippen MR) is 93.2 cm³/mol. The van der Waals surface area contributed by atoms with Gasteiger partial charge in [-0.1, -0.05) is 24.3 Å². The van der Waals surface area contributed by atoms with Crippen LogP contribution in [-0.4, -0.2) is 28.7 Å². The number of alkyl halides is 6. The molecule has 0 aliphatic carbocycles. The maximum absolute atomic E-state index is 12.9. The molecule has 1 heterocycles. The SMILES string of the molecule is NC(=NC(=O)C(F)(F)F)c1ccc2c(c1)C(=O)N(Cc1cccc(C(F)(F)F)c1)C2. The Morgan fingerprint density at radius 1 is 1.07 bits per heavy atom. The van der Waals surface area contributed by atoms with Crippen molar-refractivity contribution in [2.75, 3.05) is 0 Å². The zero-order valence-corrected chi connectivity index (χ0v) is 15.0. The lowest BCUT2D eigenvalue weighted by molar-refractivity contribution is -0.169. The van der Waals surface area contributed by atoms with Crippen LogP contribution in [0.3, 0.4) is 0 Å². The number of amidine groups is 1. The number of hydrogen-bond donors (Lipinski definition) is 1. The fourth-order valence-corrected chi connectivity index (χ4v) is 2.95. The normalized spacial score (nSPS) is 14.8. The van der Waals surface area contributed by atoms with Crippen LogP contribution in [-0.2, 0) is 24.1 Å². The Kier molecular flexibility index (Phi) is 5.31. The van der Waals surface area contributed by atoms with Gasteiger partial charge in [0.1, 0.15) is 5.84 Å². The van der Waals surface area contributed by atoms with Crippen molar-refractivity contribution in [1.29, 1.82) is 0 Å². The lowest BCUT2D eigenvalue weighted by atomic mass is 10.1. The van der Waals surface area contributed by atoms with Crippen molar-refractivity contribution in [2.45, 2.75) is 25.4 Å². The number of carbonyl (C=O) groups excluding carboxylic acids is 2. The van der Waals surface area contributed by atoms with Gasteiger partial charge in [0.05, 0.1) is 5.56 Å². The first-order valence-corrected chi connectivity index (χ1v) is 8.40. The van der Waals surface area contributed by atoms with E-state index in [1.54, 1.807) is 0 Å². The van der Waals surface area contributed by atoms with Crippen LogP contribution in [0.15, 0.2) is 47.5 Å². The Balaban J connectivity index is 1.81. The number of nitrogens with zero attached hydrogens (tertiary/aromatic N) is 2. The second kappa shape index (κ2) is 7.47. The standard InChI is InChI=1S/C19H13F6N3O2/c20-18(21,22)13-3-1-2-10(6-13)8-28-9-12-5-4-11(7-14(12)16(28)29)15(26)27-17(30)19(23,24)25/h1-7H,8-9H2,(H2,26,27,30). The van der Waals surface area contributed by atoms with Gasteiger partial charge in [0.2, 0.25) is 0 Å². The van der Waals surface area contributed by atoms with Crippen molar-refractivity contribution in [3.8, 4) is 0 Å². The van der Waals surface area contributed by atoms with E-state index < -0.39 is 35.6 Å². The molecule has 0 bridgehead atoms. The third kappa shape index (κ3) is 4.44. The molecule has 3 rings (SSSR count). The van der Waals surface area contributed by atoms with Crippen LogP contribution in [0, 0.1) is 0 Å². The van der Waals surface area contributed by atoms with Crippen LogP contribution in [0.25, 0.3) is 0 Å². The lowest BCUT2D eigenvalue weighted by Crippen LogP contribution is -2.25. The Morgan fingerprint density at radius 2 is 1.77 bits per heavy atom. The van der Waals surface area contributed by atoms with Gasteiger partial charge in [0.15, 0.2) is 0 Å². The number of benzene rings is 2. The molecule has 1 aliphatic rings. The Morgan fingerprint density at radius 3 is 2.40 bits per heavy atom. The topological polar surface area (TPSA) is 75.8 Å². The van der Waals surface area contributed by atoms with Gasteiger partial charge in [0.25, 0.3) is 5.91 Å². The minimum atomic E-state index is -5.18. The van der Waals surface area contributed by atoms with Crippen molar-refractivity contribution in [1.82, 2.24) is 4.90 Å². The molecule has 0 atom stereocenters. The molecule has 2 amide bonds. The van der Waals surface area contributed by atoms with Gasteiger partial charge >= 0.3 is 18.3 Å². The highest BCUT2D eigenvalue weighted by molar-refractivity contribution is 6.07. The maximum atomic E-state index is 12.9. The summed E-state index contributed by atoms with van der Waals surface area (Å²) in [6.45, 7) is 0.00607. The number of fused-ring (bicyclic) bond motifs is 1. The molecular weight excluding hydrogens is 416 g/mol. The summed E-state index contributed by atoms with van der Waals surface area (Å²) in [7, 11) is 0. The number of amides is 2. The van der Waals surface area contributed by atoms with Crippen molar-refractivity contribution in [3.05, 3.63) is 70.3 Å². The first-order valence-electron chi connectivity index (χ1n) is 8.40. The van der Waals surface area contributed by atoms with E-state index in [1.807, 2.05) is 0 Å². The highest BCUT2D eigenvalue weighted by atomic mass is 19.4. The average molecular weight is 429 g/mol. The van der Waals surface area contributed by atoms with Gasteiger partial charge in [-0.2, -0.15) is 31.3 Å². The van der Waals surface area contributed by atoms with Crippen molar-refractivity contribution >= 4 is 17.6 Å². The van der Waals surface area contributed by atoms with Crippen molar-refractivity contribution < 1.29 is 35.9 Å². The Labute approximate surface area is 165 Å². The summed E-state index contributed by atoms with van der Waals surface area (Å²) in [5.41, 5.74) is 5.46. The van der Waals surface area contributed by atoms with Gasteiger partial charge in [-0.15, -0.1) is 0 Å². The molecule has 0 saturated carbocycles. The van der Waals surface area contributed by atoms with E-state index in [0.717, 1.165) is 12.1 Å². The van der Waals surface area contributed by atoms with E-state index in [1.165, 1.54) is 35.2 Å². The highest BCUT2D eigenvalue weighted by Crippen LogP contribution is 2.31. The van der Waals surface area contributed by atoms with Crippen LogP contribution in [0.1, 0.15) is 32.6 Å². The quantitative estimate of drug-likeness (QED) is 0.460. The first kappa shape index (κ1) is 21.3. The van der Waals surface area contributed by atoms with E-state index >= 15 is 0 Å². The summed E-state index contributed by atoms with van der Waals surface area (Å²) in [5.74, 6) is -3.61. The molecule has 30 heavy (non-hydrogen) atoms. The molecule has 5 nitrogen and oxygen atoms in total. The predicted octanol–water partition coefficient (Wildman–Crippen LogP) is 3.66. The molecular formula is C19H13F6N3O2. The number of nitrogens with two attached hydrogens (primary N) is 1.